The molecule has 0 spiro atoms. The van der Waals surface area contributed by atoms with Crippen LogP contribution in [-0.4, -0.2) is 22.0 Å². The molecule has 0 aromatic carbocycles. The maximum atomic E-state index is 8.74. The first-order valence-electron chi connectivity index (χ1n) is 4.63. The summed E-state index contributed by atoms with van der Waals surface area (Å²) in [6.07, 6.45) is 1.14. The lowest BCUT2D eigenvalue weighted by atomic mass is 10.2. The quantitative estimate of drug-likeness (QED) is 0.887. The summed E-state index contributed by atoms with van der Waals surface area (Å²) in [7, 11) is 0. The van der Waals surface area contributed by atoms with Crippen LogP contribution in [0.1, 0.15) is 18.2 Å². The zero-order chi connectivity index (χ0) is 10.8. The van der Waals surface area contributed by atoms with Crippen LogP contribution in [0.2, 0.25) is 5.15 Å². The minimum atomic E-state index is 0.309. The SMILES string of the molecule is CC1CC(Nc2nc(Cl)c(C#N)s2)CS1. The van der Waals surface area contributed by atoms with Gasteiger partial charge in [-0.25, -0.2) is 4.98 Å². The third-order valence-electron chi connectivity index (χ3n) is 2.21. The molecule has 1 aromatic heterocycles. The van der Waals surface area contributed by atoms with Crippen molar-refractivity contribution >= 4 is 39.8 Å². The van der Waals surface area contributed by atoms with E-state index in [2.05, 4.69) is 17.2 Å². The van der Waals surface area contributed by atoms with Crippen LogP contribution in [0.15, 0.2) is 0 Å². The summed E-state index contributed by atoms with van der Waals surface area (Å²) in [6.45, 7) is 2.22. The molecule has 80 valence electrons. The Morgan fingerprint density at radius 1 is 1.67 bits per heavy atom. The van der Waals surface area contributed by atoms with Crippen molar-refractivity contribution < 1.29 is 0 Å². The lowest BCUT2D eigenvalue weighted by Gasteiger charge is -2.09. The van der Waals surface area contributed by atoms with Gasteiger partial charge in [0.25, 0.3) is 0 Å². The fourth-order valence-electron chi connectivity index (χ4n) is 1.52. The number of anilines is 1. The van der Waals surface area contributed by atoms with Gasteiger partial charge in [0.05, 0.1) is 0 Å². The Hall–Kier alpha value is -0.440. The van der Waals surface area contributed by atoms with Crippen molar-refractivity contribution in [1.29, 1.82) is 5.26 Å². The molecule has 1 aliphatic heterocycles. The van der Waals surface area contributed by atoms with Gasteiger partial charge in [-0.1, -0.05) is 29.9 Å². The number of hydrogen-bond donors (Lipinski definition) is 1. The first kappa shape index (κ1) is 11.1. The van der Waals surface area contributed by atoms with Crippen LogP contribution in [0.4, 0.5) is 5.13 Å². The zero-order valence-corrected chi connectivity index (χ0v) is 10.5. The second-order valence-electron chi connectivity index (χ2n) is 3.47. The molecular weight excluding hydrogens is 250 g/mol. The van der Waals surface area contributed by atoms with E-state index < -0.39 is 0 Å². The van der Waals surface area contributed by atoms with E-state index in [4.69, 9.17) is 16.9 Å². The molecule has 2 atom stereocenters. The van der Waals surface area contributed by atoms with E-state index in [1.165, 1.54) is 11.3 Å². The van der Waals surface area contributed by atoms with Gasteiger partial charge in [0.15, 0.2) is 10.3 Å². The minimum Gasteiger partial charge on any atom is -0.358 e. The van der Waals surface area contributed by atoms with Crippen LogP contribution >= 0.6 is 34.7 Å². The highest BCUT2D eigenvalue weighted by Gasteiger charge is 2.22. The summed E-state index contributed by atoms with van der Waals surface area (Å²) in [4.78, 5) is 4.60. The zero-order valence-electron chi connectivity index (χ0n) is 8.16. The van der Waals surface area contributed by atoms with E-state index in [0.717, 1.165) is 17.3 Å². The number of nitriles is 1. The molecule has 0 saturated carbocycles. The van der Waals surface area contributed by atoms with Gasteiger partial charge in [0.2, 0.25) is 0 Å². The minimum absolute atomic E-state index is 0.309. The van der Waals surface area contributed by atoms with Crippen molar-refractivity contribution in [2.75, 3.05) is 11.1 Å². The summed E-state index contributed by atoms with van der Waals surface area (Å²) in [6, 6.07) is 2.49. The Kier molecular flexibility index (Phi) is 3.39. The van der Waals surface area contributed by atoms with Gasteiger partial charge < -0.3 is 5.32 Å². The molecule has 1 aliphatic rings. The molecule has 1 N–H and O–H groups in total. The molecule has 1 fully saturated rings. The van der Waals surface area contributed by atoms with Gasteiger partial charge in [0, 0.05) is 17.0 Å². The number of aromatic nitrogens is 1. The summed E-state index contributed by atoms with van der Waals surface area (Å²) in [5, 5.41) is 13.8. The van der Waals surface area contributed by atoms with Crippen molar-refractivity contribution in [2.24, 2.45) is 0 Å². The number of nitrogens with zero attached hydrogens (tertiary/aromatic N) is 2. The number of thioether (sulfide) groups is 1. The Morgan fingerprint density at radius 2 is 2.47 bits per heavy atom. The maximum Gasteiger partial charge on any atom is 0.185 e. The topological polar surface area (TPSA) is 48.7 Å². The average molecular weight is 260 g/mol. The van der Waals surface area contributed by atoms with E-state index in [0.29, 0.717) is 21.3 Å². The Morgan fingerprint density at radius 3 is 3.00 bits per heavy atom. The molecule has 0 aliphatic carbocycles. The van der Waals surface area contributed by atoms with E-state index in [1.54, 1.807) is 0 Å². The number of hydrogen-bond acceptors (Lipinski definition) is 5. The highest BCUT2D eigenvalue weighted by atomic mass is 35.5. The highest BCUT2D eigenvalue weighted by molar-refractivity contribution is 8.00. The van der Waals surface area contributed by atoms with Crippen molar-refractivity contribution in [3.63, 3.8) is 0 Å². The second kappa shape index (κ2) is 4.60. The lowest BCUT2D eigenvalue weighted by Crippen LogP contribution is -2.18. The van der Waals surface area contributed by atoms with Gasteiger partial charge in [0.1, 0.15) is 10.9 Å². The smallest absolute Gasteiger partial charge is 0.185 e. The normalized spacial score (nSPS) is 25.1. The standard InChI is InChI=1S/C9H10ClN3S2/c1-5-2-6(4-14-5)12-9-13-8(10)7(3-11)15-9/h5-6H,2,4H2,1H3,(H,12,13). The molecule has 1 saturated heterocycles. The third kappa shape index (κ3) is 2.57. The van der Waals surface area contributed by atoms with Crippen molar-refractivity contribution in [2.45, 2.75) is 24.6 Å². The monoisotopic (exact) mass is 259 g/mol. The molecule has 1 aromatic rings. The van der Waals surface area contributed by atoms with E-state index in [-0.39, 0.29) is 0 Å². The molecule has 2 unspecified atom stereocenters. The van der Waals surface area contributed by atoms with Crippen molar-refractivity contribution in [3.8, 4) is 6.07 Å². The molecule has 2 heterocycles. The van der Waals surface area contributed by atoms with Gasteiger partial charge in [-0.15, -0.1) is 0 Å². The fourth-order valence-corrected chi connectivity index (χ4v) is 3.70. The predicted octanol–water partition coefficient (Wildman–Crippen LogP) is 2.97. The molecule has 2 rings (SSSR count). The highest BCUT2D eigenvalue weighted by Crippen LogP contribution is 2.31. The number of halogens is 1. The molecular formula is C9H10ClN3S2. The third-order valence-corrected chi connectivity index (χ3v) is 4.85. The maximum absolute atomic E-state index is 8.74. The summed E-state index contributed by atoms with van der Waals surface area (Å²) in [5.74, 6) is 1.10. The van der Waals surface area contributed by atoms with Gasteiger partial charge >= 0.3 is 0 Å². The average Bonchev–Trinajstić information content (AvgIpc) is 2.73. The van der Waals surface area contributed by atoms with Crippen LogP contribution in [0.5, 0.6) is 0 Å². The van der Waals surface area contributed by atoms with Gasteiger partial charge in [-0.05, 0) is 6.42 Å². The Labute approximate surface area is 102 Å². The molecule has 0 bridgehead atoms. The summed E-state index contributed by atoms with van der Waals surface area (Å²) in [5.41, 5.74) is 0. The largest absolute Gasteiger partial charge is 0.358 e. The van der Waals surface area contributed by atoms with Gasteiger partial charge in [-0.3, -0.25) is 0 Å². The summed E-state index contributed by atoms with van der Waals surface area (Å²) < 4.78 is 0. The van der Waals surface area contributed by atoms with E-state index in [9.17, 15) is 0 Å². The fraction of sp³-hybridized carbons (Fsp3) is 0.556. The van der Waals surface area contributed by atoms with Crippen LogP contribution in [0, 0.1) is 11.3 Å². The number of thiazole rings is 1. The van der Waals surface area contributed by atoms with Crippen molar-refractivity contribution in [3.05, 3.63) is 10.0 Å². The second-order valence-corrected chi connectivity index (χ2v) is 6.30. The Balaban J connectivity index is 2.02. The van der Waals surface area contributed by atoms with Crippen LogP contribution in [-0.2, 0) is 0 Å². The Bertz CT molecular complexity index is 399. The van der Waals surface area contributed by atoms with Crippen LogP contribution in [0.3, 0.4) is 0 Å². The van der Waals surface area contributed by atoms with Crippen LogP contribution < -0.4 is 5.32 Å². The number of nitrogens with one attached hydrogen (secondary N) is 1. The van der Waals surface area contributed by atoms with Crippen molar-refractivity contribution in [1.82, 2.24) is 4.98 Å². The van der Waals surface area contributed by atoms with Gasteiger partial charge in [-0.2, -0.15) is 17.0 Å². The molecule has 15 heavy (non-hydrogen) atoms. The predicted molar refractivity (Wildman–Crippen MR) is 65.8 cm³/mol. The van der Waals surface area contributed by atoms with E-state index in [1.807, 2.05) is 17.8 Å². The molecule has 6 heteroatoms. The molecule has 0 amide bonds. The van der Waals surface area contributed by atoms with Crippen LogP contribution in [0.25, 0.3) is 0 Å². The first-order chi connectivity index (χ1) is 7.19. The summed E-state index contributed by atoms with van der Waals surface area (Å²) >= 11 is 9.07. The number of rotatable bonds is 2. The lowest BCUT2D eigenvalue weighted by molar-refractivity contribution is 0.746. The molecule has 0 radical (unpaired) electrons. The van der Waals surface area contributed by atoms with E-state index >= 15 is 0 Å². The first-order valence-corrected chi connectivity index (χ1v) is 6.88. The molecule has 3 nitrogen and oxygen atoms in total.